The first-order valence-electron chi connectivity index (χ1n) is 14.9. The number of phenolic OH excluding ortho intramolecular Hbond substituents is 1. The predicted octanol–water partition coefficient (Wildman–Crippen LogP) is -1.04. The molecule has 1 aliphatic heterocycles. The van der Waals surface area contributed by atoms with Crippen LogP contribution in [-0.4, -0.2) is 88.7 Å². The van der Waals surface area contributed by atoms with E-state index >= 15 is 0 Å². The molecule has 15 nitrogen and oxygen atoms in total. The molecule has 0 bridgehead atoms. The molecule has 10 N–H and O–H groups in total. The fraction of sp³-hybridized carbons (Fsp3) is 0.552. The SMILES string of the molecule is CC[C@H](C)[C@@H]1NC(=O)[C@H](Cc2ccc(O)cc2)NC(=O)CCSSCCNC(=O)[C@H](CC(N)=O)NC(=O)[C@H](CCC(N)=O)NC1=O. The fourth-order valence-electron chi connectivity index (χ4n) is 4.39. The van der Waals surface area contributed by atoms with Crippen LogP contribution < -0.4 is 38.1 Å². The number of amides is 7. The number of nitrogens with two attached hydrogens (primary N) is 2. The summed E-state index contributed by atoms with van der Waals surface area (Å²) < 4.78 is 0. The van der Waals surface area contributed by atoms with Crippen molar-refractivity contribution < 1.29 is 38.7 Å². The maximum atomic E-state index is 13.6. The van der Waals surface area contributed by atoms with Crippen LogP contribution in [0, 0.1) is 5.92 Å². The van der Waals surface area contributed by atoms with Gasteiger partial charge in [-0.1, -0.05) is 54.0 Å². The fourth-order valence-corrected chi connectivity index (χ4v) is 6.29. The van der Waals surface area contributed by atoms with Gasteiger partial charge in [-0.15, -0.1) is 0 Å². The molecule has 254 valence electrons. The molecule has 7 amide bonds. The number of phenols is 1. The zero-order valence-corrected chi connectivity index (χ0v) is 27.5. The zero-order chi connectivity index (χ0) is 34.2. The molecule has 1 aromatic carbocycles. The van der Waals surface area contributed by atoms with Crippen LogP contribution in [0.1, 0.15) is 51.5 Å². The van der Waals surface area contributed by atoms with E-state index in [1.807, 2.05) is 0 Å². The molecule has 0 radical (unpaired) electrons. The van der Waals surface area contributed by atoms with E-state index in [2.05, 4.69) is 26.6 Å². The van der Waals surface area contributed by atoms with Gasteiger partial charge in [0.2, 0.25) is 41.4 Å². The Kier molecular flexibility index (Phi) is 16.2. The Bertz CT molecular complexity index is 1250. The van der Waals surface area contributed by atoms with Crippen LogP contribution in [0.3, 0.4) is 0 Å². The summed E-state index contributed by atoms with van der Waals surface area (Å²) >= 11 is 0. The molecule has 1 heterocycles. The molecule has 5 atom stereocenters. The maximum Gasteiger partial charge on any atom is 0.243 e. The summed E-state index contributed by atoms with van der Waals surface area (Å²) in [7, 11) is 2.78. The molecule has 1 aromatic rings. The van der Waals surface area contributed by atoms with Gasteiger partial charge >= 0.3 is 0 Å². The third-order valence-corrected chi connectivity index (χ3v) is 9.56. The molecule has 0 unspecified atom stereocenters. The van der Waals surface area contributed by atoms with Crippen molar-refractivity contribution in [2.24, 2.45) is 17.4 Å². The van der Waals surface area contributed by atoms with Crippen LogP contribution in [0.4, 0.5) is 0 Å². The molecule has 0 saturated carbocycles. The molecule has 0 spiro atoms. The number of hydrogen-bond donors (Lipinski definition) is 8. The van der Waals surface area contributed by atoms with Gasteiger partial charge in [-0.05, 0) is 30.0 Å². The highest BCUT2D eigenvalue weighted by molar-refractivity contribution is 8.76. The molecule has 46 heavy (non-hydrogen) atoms. The Balaban J connectivity index is 2.43. The summed E-state index contributed by atoms with van der Waals surface area (Å²) in [5.41, 5.74) is 11.3. The van der Waals surface area contributed by atoms with Crippen molar-refractivity contribution in [2.45, 2.75) is 76.5 Å². The lowest BCUT2D eigenvalue weighted by molar-refractivity contribution is -0.136. The Morgan fingerprint density at radius 2 is 1.48 bits per heavy atom. The minimum atomic E-state index is -1.36. The van der Waals surface area contributed by atoms with E-state index in [0.29, 0.717) is 23.5 Å². The summed E-state index contributed by atoms with van der Waals surface area (Å²) in [6.07, 6.45) is -0.431. The van der Waals surface area contributed by atoms with E-state index in [0.717, 1.165) is 0 Å². The Labute approximate surface area is 275 Å². The highest BCUT2D eigenvalue weighted by atomic mass is 33.1. The molecular formula is C29H43N7O8S2. The van der Waals surface area contributed by atoms with E-state index in [-0.39, 0.29) is 38.0 Å². The summed E-state index contributed by atoms with van der Waals surface area (Å²) in [4.78, 5) is 89.6. The number of hydrogen-bond acceptors (Lipinski definition) is 10. The second-order valence-electron chi connectivity index (χ2n) is 10.8. The summed E-state index contributed by atoms with van der Waals surface area (Å²) in [6, 6.07) is 1.19. The molecule has 1 fully saturated rings. The number of rotatable bonds is 9. The van der Waals surface area contributed by atoms with Crippen LogP contribution in [0.15, 0.2) is 24.3 Å². The number of carbonyl (C=O) groups excluding carboxylic acids is 7. The van der Waals surface area contributed by atoms with Gasteiger partial charge in [0.1, 0.15) is 29.9 Å². The first-order chi connectivity index (χ1) is 21.8. The summed E-state index contributed by atoms with van der Waals surface area (Å²) in [5.74, 6) is -4.46. The molecule has 1 saturated heterocycles. The van der Waals surface area contributed by atoms with Gasteiger partial charge in [0.15, 0.2) is 0 Å². The van der Waals surface area contributed by atoms with Gasteiger partial charge in [-0.25, -0.2) is 0 Å². The second-order valence-corrected chi connectivity index (χ2v) is 13.5. The number of benzene rings is 1. The van der Waals surface area contributed by atoms with E-state index in [4.69, 9.17) is 11.5 Å². The minimum absolute atomic E-state index is 0.0342. The third-order valence-electron chi connectivity index (χ3n) is 7.15. The van der Waals surface area contributed by atoms with Crippen LogP contribution in [0.25, 0.3) is 0 Å². The number of carbonyl (C=O) groups is 7. The first-order valence-corrected chi connectivity index (χ1v) is 17.4. The average Bonchev–Trinajstić information content (AvgIpc) is 3.00. The Morgan fingerprint density at radius 1 is 0.848 bits per heavy atom. The van der Waals surface area contributed by atoms with Crippen molar-refractivity contribution >= 4 is 62.9 Å². The molecule has 17 heteroatoms. The summed E-state index contributed by atoms with van der Waals surface area (Å²) in [5, 5.41) is 22.7. The van der Waals surface area contributed by atoms with Gasteiger partial charge in [0, 0.05) is 37.3 Å². The lowest BCUT2D eigenvalue weighted by Crippen LogP contribution is -2.60. The molecular weight excluding hydrogens is 638 g/mol. The van der Waals surface area contributed by atoms with Crippen molar-refractivity contribution in [1.82, 2.24) is 26.6 Å². The predicted molar refractivity (Wildman–Crippen MR) is 174 cm³/mol. The molecule has 1 aliphatic rings. The van der Waals surface area contributed by atoms with Crippen molar-refractivity contribution in [3.63, 3.8) is 0 Å². The number of primary amides is 2. The largest absolute Gasteiger partial charge is 0.508 e. The lowest BCUT2D eigenvalue weighted by Gasteiger charge is -2.29. The van der Waals surface area contributed by atoms with E-state index in [1.54, 1.807) is 26.0 Å². The van der Waals surface area contributed by atoms with Crippen molar-refractivity contribution in [2.75, 3.05) is 18.1 Å². The lowest BCUT2D eigenvalue weighted by atomic mass is 9.96. The van der Waals surface area contributed by atoms with Gasteiger partial charge < -0.3 is 43.2 Å². The van der Waals surface area contributed by atoms with E-state index in [9.17, 15) is 38.7 Å². The quantitative estimate of drug-likeness (QED) is 0.147. The smallest absolute Gasteiger partial charge is 0.243 e. The zero-order valence-electron chi connectivity index (χ0n) is 25.8. The molecule has 0 aliphatic carbocycles. The van der Waals surface area contributed by atoms with Gasteiger partial charge in [0.05, 0.1) is 6.42 Å². The maximum absolute atomic E-state index is 13.6. The van der Waals surface area contributed by atoms with Crippen molar-refractivity contribution in [3.8, 4) is 5.75 Å². The second kappa shape index (κ2) is 19.5. The highest BCUT2D eigenvalue weighted by Crippen LogP contribution is 2.21. The topological polar surface area (TPSA) is 252 Å². The van der Waals surface area contributed by atoms with Crippen molar-refractivity contribution in [1.29, 1.82) is 0 Å². The van der Waals surface area contributed by atoms with E-state index < -0.39 is 77.9 Å². The van der Waals surface area contributed by atoms with E-state index in [1.165, 1.54) is 33.7 Å². The normalized spacial score (nSPS) is 23.5. The van der Waals surface area contributed by atoms with Crippen LogP contribution in [-0.2, 0) is 40.0 Å². The van der Waals surface area contributed by atoms with Gasteiger partial charge in [0.25, 0.3) is 0 Å². The molecule has 0 aromatic heterocycles. The van der Waals surface area contributed by atoms with Crippen LogP contribution >= 0.6 is 21.6 Å². The Morgan fingerprint density at radius 3 is 2.11 bits per heavy atom. The summed E-state index contributed by atoms with van der Waals surface area (Å²) in [6.45, 7) is 3.70. The highest BCUT2D eigenvalue weighted by Gasteiger charge is 2.34. The van der Waals surface area contributed by atoms with Crippen molar-refractivity contribution in [3.05, 3.63) is 29.8 Å². The van der Waals surface area contributed by atoms with Crippen LogP contribution in [0.2, 0.25) is 0 Å². The van der Waals surface area contributed by atoms with Crippen LogP contribution in [0.5, 0.6) is 5.75 Å². The van der Waals surface area contributed by atoms with Gasteiger partial charge in [-0.3, -0.25) is 33.6 Å². The Hall–Kier alpha value is -3.99. The number of nitrogens with one attached hydrogen (secondary N) is 5. The number of aromatic hydroxyl groups is 1. The molecule has 2 rings (SSSR count). The van der Waals surface area contributed by atoms with Gasteiger partial charge in [-0.2, -0.15) is 0 Å². The first kappa shape index (κ1) is 38.2. The standard InChI is InChI=1S/C29H43N7O8S2/c1-3-16(2)25-29(44)34-19(8-9-22(30)38)27(42)35-21(15-23(31)39)26(41)32-11-13-46-45-12-10-24(40)33-20(28(43)36-25)14-17-4-6-18(37)7-5-17/h4-7,16,19-21,25,37H,3,8-15H2,1-2H3,(H2,30,38)(H2,31,39)(H,32,41)(H,33,40)(H,34,44)(H,35,42)(H,36,43)/t16-,19-,20-,21-,25-/m0/s1. The third kappa shape index (κ3) is 13.6. The monoisotopic (exact) mass is 681 g/mol. The average molecular weight is 682 g/mol. The minimum Gasteiger partial charge on any atom is -0.508 e.